The lowest BCUT2D eigenvalue weighted by atomic mass is 10.1. The smallest absolute Gasteiger partial charge is 0.223 e. The second kappa shape index (κ2) is 7.35. The molecule has 1 aliphatic rings. The van der Waals surface area contributed by atoms with Gasteiger partial charge in [0.2, 0.25) is 5.91 Å². The average molecular weight is 427 g/mol. The van der Waals surface area contributed by atoms with Gasteiger partial charge in [-0.1, -0.05) is 22.0 Å². The fourth-order valence-corrected chi connectivity index (χ4v) is 3.81. The highest BCUT2D eigenvalue weighted by Gasteiger charge is 2.31. The number of benzene rings is 1. The Morgan fingerprint density at radius 3 is 2.63 bits per heavy atom. The quantitative estimate of drug-likeness (QED) is 0.570. The summed E-state index contributed by atoms with van der Waals surface area (Å²) < 4.78 is 4.10. The summed E-state index contributed by atoms with van der Waals surface area (Å²) in [4.78, 5) is 14.4. The number of carbonyl (C=O) groups is 1. The molecule has 2 aromatic heterocycles. The van der Waals surface area contributed by atoms with Crippen LogP contribution in [0.4, 0.5) is 0 Å². The molecule has 0 saturated heterocycles. The van der Waals surface area contributed by atoms with Crippen LogP contribution >= 0.6 is 15.9 Å². The first-order valence-corrected chi connectivity index (χ1v) is 10.4. The molecule has 1 aliphatic heterocycles. The molecule has 5 nitrogen and oxygen atoms in total. The molecule has 0 spiro atoms. The number of hydrogen-bond acceptors (Lipinski definition) is 2. The topological polar surface area (TPSA) is 43.1 Å². The van der Waals surface area contributed by atoms with Crippen LogP contribution < -0.4 is 0 Å². The molecule has 0 radical (unpaired) electrons. The minimum Gasteiger partial charge on any atom is -0.332 e. The van der Waals surface area contributed by atoms with E-state index in [4.69, 9.17) is 5.10 Å². The summed E-state index contributed by atoms with van der Waals surface area (Å²) in [5, 5.41) is 5.75. The zero-order valence-corrected chi connectivity index (χ0v) is 17.2. The van der Waals surface area contributed by atoms with Crippen molar-refractivity contribution < 1.29 is 4.79 Å². The van der Waals surface area contributed by atoms with Gasteiger partial charge in [-0.2, -0.15) is 5.10 Å². The highest BCUT2D eigenvalue weighted by molar-refractivity contribution is 9.09. The van der Waals surface area contributed by atoms with Crippen molar-refractivity contribution in [2.24, 2.45) is 0 Å². The van der Waals surface area contributed by atoms with Gasteiger partial charge in [0, 0.05) is 29.7 Å². The Balaban J connectivity index is 1.74. The Morgan fingerprint density at radius 1 is 1.15 bits per heavy atom. The van der Waals surface area contributed by atoms with Gasteiger partial charge < -0.3 is 9.47 Å². The molecule has 0 unspecified atom stereocenters. The van der Waals surface area contributed by atoms with Gasteiger partial charge in [0.15, 0.2) is 0 Å². The molecule has 6 heteroatoms. The SMILES string of the molecule is Cc1ccc(-n2nc3c(c2-n2cccc2)CN(C(=O)CCCBr)C3)cc1C. The van der Waals surface area contributed by atoms with E-state index in [0.29, 0.717) is 19.5 Å². The van der Waals surface area contributed by atoms with E-state index in [0.717, 1.165) is 34.5 Å². The minimum atomic E-state index is 0.198. The summed E-state index contributed by atoms with van der Waals surface area (Å²) in [6.07, 6.45) is 5.50. The first kappa shape index (κ1) is 18.0. The lowest BCUT2D eigenvalue weighted by Gasteiger charge is -2.17. The molecule has 0 aliphatic carbocycles. The van der Waals surface area contributed by atoms with Crippen molar-refractivity contribution in [1.29, 1.82) is 0 Å². The van der Waals surface area contributed by atoms with Crippen molar-refractivity contribution >= 4 is 21.8 Å². The molecule has 3 heterocycles. The molecule has 3 aromatic rings. The van der Waals surface area contributed by atoms with Crippen LogP contribution in [0.15, 0.2) is 42.7 Å². The average Bonchev–Trinajstić information content (AvgIpc) is 3.37. The van der Waals surface area contributed by atoms with E-state index >= 15 is 0 Å². The van der Waals surface area contributed by atoms with Gasteiger partial charge in [0.1, 0.15) is 5.82 Å². The highest BCUT2D eigenvalue weighted by atomic mass is 79.9. The summed E-state index contributed by atoms with van der Waals surface area (Å²) >= 11 is 3.40. The number of nitrogens with zero attached hydrogens (tertiary/aromatic N) is 4. The van der Waals surface area contributed by atoms with E-state index in [1.165, 1.54) is 11.1 Å². The Morgan fingerprint density at radius 2 is 1.93 bits per heavy atom. The number of aryl methyl sites for hydroxylation is 2. The maximum Gasteiger partial charge on any atom is 0.223 e. The van der Waals surface area contributed by atoms with E-state index in [2.05, 4.69) is 52.5 Å². The fourth-order valence-electron chi connectivity index (χ4n) is 3.53. The number of rotatable bonds is 5. The first-order valence-electron chi connectivity index (χ1n) is 9.24. The fraction of sp³-hybridized carbons (Fsp3) is 0.333. The van der Waals surface area contributed by atoms with Gasteiger partial charge in [-0.25, -0.2) is 4.68 Å². The normalized spacial score (nSPS) is 13.2. The van der Waals surface area contributed by atoms with Crippen molar-refractivity contribution in [1.82, 2.24) is 19.2 Å². The molecule has 1 aromatic carbocycles. The zero-order chi connectivity index (χ0) is 19.0. The number of aromatic nitrogens is 3. The van der Waals surface area contributed by atoms with Crippen LogP contribution in [0.3, 0.4) is 0 Å². The van der Waals surface area contributed by atoms with E-state index in [-0.39, 0.29) is 5.91 Å². The molecule has 0 bridgehead atoms. The van der Waals surface area contributed by atoms with Crippen molar-refractivity contribution in [3.63, 3.8) is 0 Å². The lowest BCUT2D eigenvalue weighted by molar-refractivity contribution is -0.131. The molecular weight excluding hydrogens is 404 g/mol. The second-order valence-electron chi connectivity index (χ2n) is 7.06. The minimum absolute atomic E-state index is 0.198. The molecule has 4 rings (SSSR count). The first-order chi connectivity index (χ1) is 13.1. The Hall–Kier alpha value is -2.34. The Kier molecular flexibility index (Phi) is 4.91. The maximum atomic E-state index is 12.5. The Bertz CT molecular complexity index is 974. The molecule has 0 N–H and O–H groups in total. The van der Waals surface area contributed by atoms with Gasteiger partial charge in [-0.05, 0) is 55.7 Å². The van der Waals surface area contributed by atoms with Crippen LogP contribution in [0, 0.1) is 13.8 Å². The third kappa shape index (κ3) is 3.34. The van der Waals surface area contributed by atoms with Gasteiger partial charge >= 0.3 is 0 Å². The van der Waals surface area contributed by atoms with Gasteiger partial charge in [0.05, 0.1) is 24.5 Å². The number of alkyl halides is 1. The molecule has 0 saturated carbocycles. The maximum absolute atomic E-state index is 12.5. The Labute approximate surface area is 167 Å². The van der Waals surface area contributed by atoms with Crippen LogP contribution in [0.25, 0.3) is 11.5 Å². The number of halogens is 1. The number of hydrogen-bond donors (Lipinski definition) is 0. The number of amides is 1. The van der Waals surface area contributed by atoms with Crippen molar-refractivity contribution in [3.05, 3.63) is 65.1 Å². The van der Waals surface area contributed by atoms with Crippen molar-refractivity contribution in [2.45, 2.75) is 39.8 Å². The summed E-state index contributed by atoms with van der Waals surface area (Å²) in [5.74, 6) is 1.22. The van der Waals surface area contributed by atoms with Crippen molar-refractivity contribution in [3.8, 4) is 11.5 Å². The monoisotopic (exact) mass is 426 g/mol. The summed E-state index contributed by atoms with van der Waals surface area (Å²) in [6, 6.07) is 10.4. The second-order valence-corrected chi connectivity index (χ2v) is 7.85. The van der Waals surface area contributed by atoms with Crippen LogP contribution in [-0.4, -0.2) is 30.5 Å². The summed E-state index contributed by atoms with van der Waals surface area (Å²) in [7, 11) is 0. The van der Waals surface area contributed by atoms with Gasteiger partial charge in [-0.15, -0.1) is 0 Å². The molecule has 1 amide bonds. The van der Waals surface area contributed by atoms with Gasteiger partial charge in [-0.3, -0.25) is 4.79 Å². The molecule has 0 fully saturated rings. The summed E-state index contributed by atoms with van der Waals surface area (Å²) in [5.41, 5.74) is 5.69. The molecular formula is C21H23BrN4O. The van der Waals surface area contributed by atoms with Crippen molar-refractivity contribution in [2.75, 3.05) is 5.33 Å². The third-order valence-electron chi connectivity index (χ3n) is 5.19. The van der Waals surface area contributed by atoms with E-state index < -0.39 is 0 Å². The van der Waals surface area contributed by atoms with E-state index in [9.17, 15) is 4.79 Å². The van der Waals surface area contributed by atoms with E-state index in [1.54, 1.807) is 0 Å². The largest absolute Gasteiger partial charge is 0.332 e. The van der Waals surface area contributed by atoms with Crippen LogP contribution in [0.2, 0.25) is 0 Å². The van der Waals surface area contributed by atoms with Crippen LogP contribution in [0.5, 0.6) is 0 Å². The number of carbonyl (C=O) groups excluding carboxylic acids is 1. The third-order valence-corrected chi connectivity index (χ3v) is 5.75. The molecule has 27 heavy (non-hydrogen) atoms. The standard InChI is InChI=1S/C21H23BrN4O/c1-15-7-8-17(12-16(15)2)26-21(24-10-3-4-11-24)18-13-25(14-19(18)23-26)20(27)6-5-9-22/h3-4,7-8,10-12H,5-6,9,13-14H2,1-2H3. The zero-order valence-electron chi connectivity index (χ0n) is 15.7. The number of fused-ring (bicyclic) bond motifs is 1. The van der Waals surface area contributed by atoms with Crippen LogP contribution in [0.1, 0.15) is 35.2 Å². The predicted molar refractivity (Wildman–Crippen MR) is 110 cm³/mol. The summed E-state index contributed by atoms with van der Waals surface area (Å²) in [6.45, 7) is 5.44. The predicted octanol–water partition coefficient (Wildman–Crippen LogP) is 4.30. The lowest BCUT2D eigenvalue weighted by Crippen LogP contribution is -2.26. The van der Waals surface area contributed by atoms with Gasteiger partial charge in [0.25, 0.3) is 0 Å². The molecule has 0 atom stereocenters. The van der Waals surface area contributed by atoms with E-state index in [1.807, 2.05) is 34.1 Å². The highest BCUT2D eigenvalue weighted by Crippen LogP contribution is 2.31. The van der Waals surface area contributed by atoms with Crippen LogP contribution in [-0.2, 0) is 17.9 Å². The molecule has 140 valence electrons.